The minimum absolute atomic E-state index is 0.0260. The Morgan fingerprint density at radius 2 is 1.58 bits per heavy atom. The molecule has 3 atom stereocenters. The number of nitrogens with zero attached hydrogens (tertiary/aromatic N) is 4. The lowest BCUT2D eigenvalue weighted by atomic mass is 9.79. The van der Waals surface area contributed by atoms with Gasteiger partial charge in [0.25, 0.3) is 5.56 Å². The van der Waals surface area contributed by atoms with Crippen molar-refractivity contribution < 1.29 is 23.4 Å². The van der Waals surface area contributed by atoms with Crippen molar-refractivity contribution >= 4 is 9.76 Å². The van der Waals surface area contributed by atoms with Crippen LogP contribution in [0.25, 0.3) is 10.4 Å². The number of aryl methyl sites for hydroxylation is 1. The van der Waals surface area contributed by atoms with E-state index in [2.05, 4.69) is 60.9 Å². The largest absolute Gasteiger partial charge is 0.497 e. The van der Waals surface area contributed by atoms with E-state index in [9.17, 15) is 9.59 Å². The Bertz CT molecular complexity index is 2050. The molecule has 1 fully saturated rings. The van der Waals surface area contributed by atoms with Crippen molar-refractivity contribution in [2.24, 2.45) is 11.0 Å². The van der Waals surface area contributed by atoms with E-state index in [0.29, 0.717) is 35.9 Å². The quantitative estimate of drug-likeness (QED) is 0.0179. The van der Waals surface area contributed by atoms with E-state index in [-0.39, 0.29) is 21.4 Å². The van der Waals surface area contributed by atoms with E-state index in [1.807, 2.05) is 72.8 Å². The summed E-state index contributed by atoms with van der Waals surface area (Å²) in [6.07, 6.45) is 7.99. The van der Waals surface area contributed by atoms with E-state index in [1.165, 1.54) is 4.57 Å². The Labute approximate surface area is 337 Å². The number of ether oxygens (including phenoxy) is 4. The standard InChI is InChI=1S/C44H55N5O7Si/c1-31(2)42(4,5)57-56-38-28-39(49-29-32(3)40(50)47-41(49)51)55-43(38,26-14-9-8-10-15-27-46-48-45)30-54-44(33-16-12-11-13-17-33,34-18-22-36(52-6)23-19-34)35-20-24-37(53-7)25-21-35/h11-14,16-26,29,31,38-39H,8-10,15,27-28,30H2,1-7H3,(H,47,50,51)/b26-14+/t38-,39+,43+/m0/s1. The molecule has 0 amide bonds. The summed E-state index contributed by atoms with van der Waals surface area (Å²) in [5.41, 5.74) is 8.36. The summed E-state index contributed by atoms with van der Waals surface area (Å²) in [5, 5.41) is 3.52. The lowest BCUT2D eigenvalue weighted by Gasteiger charge is -2.41. The number of hydrogen-bond acceptors (Lipinski definition) is 8. The molecule has 0 bridgehead atoms. The number of aromatic amines is 1. The van der Waals surface area contributed by atoms with Crippen LogP contribution >= 0.6 is 0 Å². The van der Waals surface area contributed by atoms with Crippen LogP contribution in [-0.2, 0) is 19.5 Å². The molecule has 57 heavy (non-hydrogen) atoms. The normalized spacial score (nSPS) is 18.5. The molecule has 12 nitrogen and oxygen atoms in total. The SMILES string of the molecule is COc1ccc(C(OC[C@@]2(/C=C/CCCCCN=[N+]=[N-])O[C@@H](n3cc(C)c(=O)[nH]c3=O)C[C@@H]2O[Si]C(C)(C)C(C)C)(c2ccccc2)c2ccc(OC)cc2)cc1. The van der Waals surface area contributed by atoms with Crippen LogP contribution in [0.1, 0.15) is 88.3 Å². The number of benzene rings is 3. The van der Waals surface area contributed by atoms with E-state index < -0.39 is 34.8 Å². The van der Waals surface area contributed by atoms with Gasteiger partial charge in [-0.1, -0.05) is 106 Å². The predicted molar refractivity (Wildman–Crippen MR) is 223 cm³/mol. The Kier molecular flexibility index (Phi) is 14.8. The minimum Gasteiger partial charge on any atom is -0.497 e. The minimum atomic E-state index is -1.18. The van der Waals surface area contributed by atoms with Crippen molar-refractivity contribution in [3.63, 3.8) is 0 Å². The van der Waals surface area contributed by atoms with Crippen molar-refractivity contribution in [3.05, 3.63) is 151 Å². The number of hydrogen-bond donors (Lipinski definition) is 1. The zero-order chi connectivity index (χ0) is 41.1. The van der Waals surface area contributed by atoms with Crippen molar-refractivity contribution in [1.82, 2.24) is 9.55 Å². The lowest BCUT2D eigenvalue weighted by Crippen LogP contribution is -2.48. The third-order valence-electron chi connectivity index (χ3n) is 11.0. The smallest absolute Gasteiger partial charge is 0.330 e. The molecule has 1 N–H and O–H groups in total. The molecule has 13 heteroatoms. The van der Waals surface area contributed by atoms with Gasteiger partial charge in [0.1, 0.15) is 28.9 Å². The number of unbranched alkanes of at least 4 members (excludes halogenated alkanes) is 3. The highest BCUT2D eigenvalue weighted by atomic mass is 28.2. The van der Waals surface area contributed by atoms with E-state index in [4.69, 9.17) is 28.9 Å². The number of aromatic nitrogens is 2. The fourth-order valence-electron chi connectivity index (χ4n) is 6.79. The number of rotatable bonds is 20. The van der Waals surface area contributed by atoms with Crippen molar-refractivity contribution in [1.29, 1.82) is 0 Å². The van der Waals surface area contributed by atoms with Gasteiger partial charge in [-0.25, -0.2) is 4.79 Å². The second-order valence-electron chi connectivity index (χ2n) is 15.3. The maximum absolute atomic E-state index is 13.4. The van der Waals surface area contributed by atoms with Gasteiger partial charge in [-0.3, -0.25) is 14.3 Å². The van der Waals surface area contributed by atoms with Crippen LogP contribution in [0.15, 0.2) is 112 Å². The highest BCUT2D eigenvalue weighted by molar-refractivity contribution is 6.32. The van der Waals surface area contributed by atoms with Gasteiger partial charge in [0.15, 0.2) is 0 Å². The molecule has 5 rings (SSSR count). The molecule has 2 heterocycles. The second kappa shape index (κ2) is 19.5. The summed E-state index contributed by atoms with van der Waals surface area (Å²) >= 11 is 0. The molecule has 1 aliphatic heterocycles. The fourth-order valence-corrected chi connectivity index (χ4v) is 7.76. The first kappa shape index (κ1) is 43.2. The first-order valence-electron chi connectivity index (χ1n) is 19.5. The molecule has 1 aliphatic rings. The summed E-state index contributed by atoms with van der Waals surface area (Å²) < 4.78 is 34.1. The molecule has 1 aromatic heterocycles. The van der Waals surface area contributed by atoms with E-state index in [0.717, 1.165) is 42.4 Å². The fraction of sp³-hybridized carbons (Fsp3) is 0.455. The third-order valence-corrected chi connectivity index (χ3v) is 12.5. The summed E-state index contributed by atoms with van der Waals surface area (Å²) in [6, 6.07) is 25.8. The average Bonchev–Trinajstić information content (AvgIpc) is 3.58. The molecule has 4 aromatic rings. The molecule has 0 unspecified atom stereocenters. The number of nitrogens with one attached hydrogen (secondary N) is 1. The van der Waals surface area contributed by atoms with Gasteiger partial charge in [0.05, 0.1) is 26.9 Å². The van der Waals surface area contributed by atoms with Gasteiger partial charge >= 0.3 is 5.69 Å². The zero-order valence-corrected chi connectivity index (χ0v) is 35.1. The first-order chi connectivity index (χ1) is 27.4. The van der Waals surface area contributed by atoms with Gasteiger partial charge in [-0.05, 0) is 83.6 Å². The monoisotopic (exact) mass is 793 g/mol. The van der Waals surface area contributed by atoms with Gasteiger partial charge in [0, 0.05) is 29.6 Å². The van der Waals surface area contributed by atoms with Gasteiger partial charge in [-0.2, -0.15) is 0 Å². The third kappa shape index (κ3) is 10.2. The molecular formula is C44H55N5O7Si. The Morgan fingerprint density at radius 1 is 0.965 bits per heavy atom. The predicted octanol–water partition coefficient (Wildman–Crippen LogP) is 8.81. The molecular weight excluding hydrogens is 739 g/mol. The van der Waals surface area contributed by atoms with Crippen LogP contribution in [0.4, 0.5) is 0 Å². The van der Waals surface area contributed by atoms with E-state index >= 15 is 0 Å². The van der Waals surface area contributed by atoms with Crippen LogP contribution in [0.5, 0.6) is 11.5 Å². The summed E-state index contributed by atoms with van der Waals surface area (Å²) in [5.74, 6) is 1.75. The summed E-state index contributed by atoms with van der Waals surface area (Å²) in [7, 11) is 3.39. The molecule has 0 saturated carbocycles. The topological polar surface area (TPSA) is 150 Å². The van der Waals surface area contributed by atoms with Crippen LogP contribution in [0, 0.1) is 12.8 Å². The van der Waals surface area contributed by atoms with Crippen molar-refractivity contribution in [3.8, 4) is 11.5 Å². The van der Waals surface area contributed by atoms with Crippen molar-refractivity contribution in [2.75, 3.05) is 27.4 Å². The highest BCUT2D eigenvalue weighted by Crippen LogP contribution is 2.47. The van der Waals surface area contributed by atoms with Gasteiger partial charge < -0.3 is 23.4 Å². The number of H-pyrrole nitrogens is 1. The second-order valence-corrected chi connectivity index (χ2v) is 17.1. The van der Waals surface area contributed by atoms with Crippen LogP contribution in [0.2, 0.25) is 5.04 Å². The Balaban J connectivity index is 1.67. The molecule has 3 aromatic carbocycles. The van der Waals surface area contributed by atoms with Crippen LogP contribution in [0.3, 0.4) is 0 Å². The molecule has 0 spiro atoms. The number of allylic oxidation sites excluding steroid dienone is 1. The van der Waals surface area contributed by atoms with Gasteiger partial charge in [-0.15, -0.1) is 0 Å². The molecule has 2 radical (unpaired) electrons. The number of azide groups is 1. The summed E-state index contributed by atoms with van der Waals surface area (Å²) in [4.78, 5) is 31.1. The highest BCUT2D eigenvalue weighted by Gasteiger charge is 2.52. The summed E-state index contributed by atoms with van der Waals surface area (Å²) in [6.45, 7) is 10.9. The number of methoxy groups -OCH3 is 2. The van der Waals surface area contributed by atoms with E-state index in [1.54, 1.807) is 27.3 Å². The first-order valence-corrected chi connectivity index (χ1v) is 20.4. The molecule has 1 saturated heterocycles. The van der Waals surface area contributed by atoms with Crippen molar-refractivity contribution in [2.45, 2.75) is 95.3 Å². The molecule has 302 valence electrons. The zero-order valence-electron chi connectivity index (χ0n) is 34.1. The molecule has 0 aliphatic carbocycles. The van der Waals surface area contributed by atoms with Crippen LogP contribution in [-0.4, -0.2) is 58.4 Å². The average molecular weight is 794 g/mol. The maximum Gasteiger partial charge on any atom is 0.330 e. The van der Waals surface area contributed by atoms with Crippen LogP contribution < -0.4 is 20.7 Å². The Hall–Kier alpha value is -4.91. The lowest BCUT2D eigenvalue weighted by molar-refractivity contribution is -0.133. The maximum atomic E-state index is 13.4. The van der Waals surface area contributed by atoms with Gasteiger partial charge in [0.2, 0.25) is 9.76 Å². The Morgan fingerprint density at radius 3 is 2.16 bits per heavy atom.